The van der Waals surface area contributed by atoms with Crippen LogP contribution in [-0.4, -0.2) is 36.2 Å². The summed E-state index contributed by atoms with van der Waals surface area (Å²) in [6.07, 6.45) is 2.07. The molecule has 3 aromatic heterocycles. The largest absolute Gasteiger partial charge is 0.396 e. The average Bonchev–Trinajstić information content (AvgIpc) is 2.91. The van der Waals surface area contributed by atoms with Crippen LogP contribution in [0.4, 0.5) is 0 Å². The van der Waals surface area contributed by atoms with Crippen molar-refractivity contribution in [2.45, 2.75) is 13.2 Å². The van der Waals surface area contributed by atoms with Gasteiger partial charge in [-0.3, -0.25) is 4.79 Å². The van der Waals surface area contributed by atoms with E-state index in [4.69, 9.17) is 10.2 Å². The summed E-state index contributed by atoms with van der Waals surface area (Å²) in [5.41, 5.74) is 0.850. The van der Waals surface area contributed by atoms with E-state index in [2.05, 4.69) is 10.1 Å². The number of hydrogen-bond donors (Lipinski definition) is 2. The van der Waals surface area contributed by atoms with Crippen LogP contribution in [0, 0.1) is 0 Å². The lowest BCUT2D eigenvalue weighted by atomic mass is 10.4. The van der Waals surface area contributed by atoms with E-state index >= 15 is 0 Å². The van der Waals surface area contributed by atoms with E-state index in [-0.39, 0.29) is 12.2 Å². The third-order valence-electron chi connectivity index (χ3n) is 3.03. The Morgan fingerprint density at radius 3 is 2.89 bits per heavy atom. The van der Waals surface area contributed by atoms with Crippen molar-refractivity contribution in [3.8, 4) is 0 Å². The van der Waals surface area contributed by atoms with Crippen molar-refractivity contribution in [2.75, 3.05) is 6.61 Å². The van der Waals surface area contributed by atoms with E-state index in [9.17, 15) is 4.79 Å². The number of aliphatic hydroxyl groups is 2. The van der Waals surface area contributed by atoms with Gasteiger partial charge in [-0.1, -0.05) is 0 Å². The van der Waals surface area contributed by atoms with Gasteiger partial charge >= 0.3 is 0 Å². The Labute approximate surface area is 111 Å². The Balaban J connectivity index is 2.38. The molecule has 0 saturated heterocycles. The molecule has 0 unspecified atom stereocenters. The minimum absolute atomic E-state index is 0.0489. The van der Waals surface area contributed by atoms with Crippen LogP contribution in [0.2, 0.25) is 0 Å². The lowest BCUT2D eigenvalue weighted by Gasteiger charge is -2.01. The minimum atomic E-state index is -0.448. The maximum absolute atomic E-state index is 12.1. The van der Waals surface area contributed by atoms with Gasteiger partial charge in [-0.2, -0.15) is 5.10 Å². The monoisotopic (exact) mass is 280 g/mol. The quantitative estimate of drug-likeness (QED) is 0.695. The van der Waals surface area contributed by atoms with Gasteiger partial charge in [0.05, 0.1) is 15.9 Å². The Hall–Kier alpha value is -1.77. The Morgan fingerprint density at radius 2 is 2.21 bits per heavy atom. The molecule has 0 aliphatic heterocycles. The Kier molecular flexibility index (Phi) is 2.85. The van der Waals surface area contributed by atoms with Crippen molar-refractivity contribution < 1.29 is 10.2 Å². The topological polar surface area (TPSA) is 93.2 Å². The highest BCUT2D eigenvalue weighted by Crippen LogP contribution is 2.30. The Bertz CT molecular complexity index is 817. The summed E-state index contributed by atoms with van der Waals surface area (Å²) in [6.45, 7) is -0.399. The summed E-state index contributed by atoms with van der Waals surface area (Å²) in [4.78, 5) is 16.5. The number of fused-ring (bicyclic) bond motifs is 3. The van der Waals surface area contributed by atoms with Crippen molar-refractivity contribution in [1.29, 1.82) is 0 Å². The van der Waals surface area contributed by atoms with Gasteiger partial charge in [0.1, 0.15) is 12.2 Å². The Morgan fingerprint density at radius 1 is 1.42 bits per heavy atom. The molecular weight excluding hydrogens is 268 g/mol. The molecule has 0 aliphatic rings. The molecule has 19 heavy (non-hydrogen) atoms. The second kappa shape index (κ2) is 4.41. The molecule has 0 fully saturated rings. The standard InChI is InChI=1S/C11H12N4O3S/c1-14-8-6(4-12-15(5-17)11(8)18)9-10(14)13-7(19-9)2-3-16/h4,16-17H,2-3,5H2,1H3. The molecule has 0 atom stereocenters. The van der Waals surface area contributed by atoms with Gasteiger partial charge in [-0.15, -0.1) is 11.3 Å². The highest BCUT2D eigenvalue weighted by atomic mass is 32.1. The summed E-state index contributed by atoms with van der Waals surface area (Å²) in [6, 6.07) is 0. The maximum Gasteiger partial charge on any atom is 0.293 e. The van der Waals surface area contributed by atoms with E-state index in [1.54, 1.807) is 17.8 Å². The van der Waals surface area contributed by atoms with Gasteiger partial charge in [0.15, 0.2) is 5.65 Å². The predicted octanol–water partition coefficient (Wildman–Crippen LogP) is -0.171. The van der Waals surface area contributed by atoms with Crippen molar-refractivity contribution in [1.82, 2.24) is 19.3 Å². The predicted molar refractivity (Wildman–Crippen MR) is 71.2 cm³/mol. The van der Waals surface area contributed by atoms with Crippen LogP contribution in [0.5, 0.6) is 0 Å². The van der Waals surface area contributed by atoms with Crippen LogP contribution in [0.3, 0.4) is 0 Å². The van der Waals surface area contributed by atoms with E-state index in [0.717, 1.165) is 19.8 Å². The maximum atomic E-state index is 12.1. The number of thiazole rings is 1. The highest BCUT2D eigenvalue weighted by Gasteiger charge is 2.17. The summed E-state index contributed by atoms with van der Waals surface area (Å²) in [5, 5.41) is 23.5. The van der Waals surface area contributed by atoms with Gasteiger partial charge in [-0.05, 0) is 0 Å². The fourth-order valence-corrected chi connectivity index (χ4v) is 3.23. The first-order valence-corrected chi connectivity index (χ1v) is 6.54. The number of aromatic nitrogens is 4. The van der Waals surface area contributed by atoms with Crippen molar-refractivity contribution in [3.63, 3.8) is 0 Å². The zero-order valence-electron chi connectivity index (χ0n) is 10.2. The molecule has 0 radical (unpaired) electrons. The molecule has 0 spiro atoms. The average molecular weight is 280 g/mol. The second-order valence-electron chi connectivity index (χ2n) is 4.15. The molecule has 3 aromatic rings. The number of rotatable bonds is 3. The lowest BCUT2D eigenvalue weighted by Crippen LogP contribution is -2.23. The molecule has 0 bridgehead atoms. The number of aliphatic hydroxyl groups excluding tert-OH is 2. The molecule has 2 N–H and O–H groups in total. The molecule has 0 amide bonds. The summed E-state index contributed by atoms with van der Waals surface area (Å²) < 4.78 is 3.59. The zero-order valence-corrected chi connectivity index (χ0v) is 11.0. The first-order chi connectivity index (χ1) is 9.17. The smallest absolute Gasteiger partial charge is 0.293 e. The molecule has 3 rings (SSSR count). The van der Waals surface area contributed by atoms with Crippen LogP contribution in [0.1, 0.15) is 5.01 Å². The fraction of sp³-hybridized carbons (Fsp3) is 0.364. The van der Waals surface area contributed by atoms with Gasteiger partial charge in [-0.25, -0.2) is 9.67 Å². The molecule has 100 valence electrons. The van der Waals surface area contributed by atoms with E-state index in [1.807, 2.05) is 0 Å². The summed E-state index contributed by atoms with van der Waals surface area (Å²) in [7, 11) is 1.76. The van der Waals surface area contributed by atoms with E-state index in [1.165, 1.54) is 11.3 Å². The highest BCUT2D eigenvalue weighted by molar-refractivity contribution is 7.19. The van der Waals surface area contributed by atoms with Gasteiger partial charge < -0.3 is 14.8 Å². The molecule has 0 saturated carbocycles. The van der Waals surface area contributed by atoms with Crippen molar-refractivity contribution in [3.05, 3.63) is 21.6 Å². The van der Waals surface area contributed by atoms with Crippen LogP contribution in [0.25, 0.3) is 21.3 Å². The second-order valence-corrected chi connectivity index (χ2v) is 5.23. The number of aryl methyl sites for hydroxylation is 1. The fourth-order valence-electron chi connectivity index (χ4n) is 2.14. The van der Waals surface area contributed by atoms with Gasteiger partial charge in [0.25, 0.3) is 5.56 Å². The summed E-state index contributed by atoms with van der Waals surface area (Å²) >= 11 is 1.45. The lowest BCUT2D eigenvalue weighted by molar-refractivity contribution is 0.189. The van der Waals surface area contributed by atoms with Crippen LogP contribution in [-0.2, 0) is 20.2 Å². The minimum Gasteiger partial charge on any atom is -0.396 e. The summed E-state index contributed by atoms with van der Waals surface area (Å²) in [5.74, 6) is 0. The van der Waals surface area contributed by atoms with Crippen LogP contribution < -0.4 is 5.56 Å². The van der Waals surface area contributed by atoms with E-state index < -0.39 is 6.73 Å². The number of hydrogen-bond acceptors (Lipinski definition) is 6. The normalized spacial score (nSPS) is 11.7. The first kappa shape index (κ1) is 12.3. The van der Waals surface area contributed by atoms with Crippen LogP contribution >= 0.6 is 11.3 Å². The molecule has 7 nitrogen and oxygen atoms in total. The third kappa shape index (κ3) is 1.68. The molecular formula is C11H12N4O3S. The van der Waals surface area contributed by atoms with E-state index in [0.29, 0.717) is 17.6 Å². The molecule has 0 aliphatic carbocycles. The molecule has 0 aromatic carbocycles. The van der Waals surface area contributed by atoms with Gasteiger partial charge in [0, 0.05) is 25.5 Å². The first-order valence-electron chi connectivity index (χ1n) is 5.73. The molecule has 3 heterocycles. The van der Waals surface area contributed by atoms with Crippen molar-refractivity contribution in [2.24, 2.45) is 7.05 Å². The third-order valence-corrected chi connectivity index (χ3v) is 4.17. The molecule has 8 heteroatoms. The number of nitrogens with zero attached hydrogens (tertiary/aromatic N) is 4. The zero-order chi connectivity index (χ0) is 13.6. The van der Waals surface area contributed by atoms with Crippen molar-refractivity contribution >= 4 is 32.6 Å². The van der Waals surface area contributed by atoms with Crippen LogP contribution in [0.15, 0.2) is 11.0 Å². The van der Waals surface area contributed by atoms with Gasteiger partial charge in [0.2, 0.25) is 0 Å². The SMILES string of the molecule is Cn1c2nc(CCO)sc2c2cnn(CO)c(=O)c21.